The average Bonchev–Trinajstić information content (AvgIpc) is 2.93. The molecule has 3 heterocycles. The second kappa shape index (κ2) is 4.73. The topological polar surface area (TPSA) is 58.9 Å². The first-order valence-corrected chi connectivity index (χ1v) is 6.14. The van der Waals surface area contributed by atoms with E-state index in [0.717, 1.165) is 43.6 Å². The third-order valence-corrected chi connectivity index (χ3v) is 2.99. The summed E-state index contributed by atoms with van der Waals surface area (Å²) >= 11 is 0. The van der Waals surface area contributed by atoms with Crippen molar-refractivity contribution in [3.63, 3.8) is 0 Å². The fraction of sp³-hybridized carbons (Fsp3) is 0.417. The van der Waals surface area contributed by atoms with Crippen molar-refractivity contribution in [3.05, 3.63) is 30.4 Å². The lowest BCUT2D eigenvalue weighted by Crippen LogP contribution is -2.44. The molecule has 0 radical (unpaired) electrons. The van der Waals surface area contributed by atoms with Crippen molar-refractivity contribution >= 4 is 5.82 Å². The van der Waals surface area contributed by atoms with Gasteiger partial charge in [-0.2, -0.15) is 5.10 Å². The molecule has 0 aromatic carbocycles. The number of piperazine rings is 1. The van der Waals surface area contributed by atoms with E-state index < -0.39 is 0 Å². The van der Waals surface area contributed by atoms with Crippen LogP contribution in [0.4, 0.5) is 5.82 Å². The average molecular weight is 244 g/mol. The highest BCUT2D eigenvalue weighted by Gasteiger charge is 2.13. The van der Waals surface area contributed by atoms with Crippen molar-refractivity contribution in [2.24, 2.45) is 0 Å². The number of nitrogens with one attached hydrogen (secondary N) is 1. The van der Waals surface area contributed by atoms with Gasteiger partial charge < -0.3 is 10.2 Å². The summed E-state index contributed by atoms with van der Waals surface area (Å²) in [5.74, 6) is 2.58. The van der Waals surface area contributed by atoms with Crippen LogP contribution in [0.2, 0.25) is 0 Å². The van der Waals surface area contributed by atoms with Gasteiger partial charge in [-0.3, -0.25) is 0 Å². The van der Waals surface area contributed by atoms with Crippen LogP contribution in [-0.2, 0) is 0 Å². The summed E-state index contributed by atoms with van der Waals surface area (Å²) < 4.78 is 1.76. The number of aryl methyl sites for hydroxylation is 1. The SMILES string of the molecule is Cc1nc(N2CCNCC2)cc(-n2cccn2)n1. The second-order valence-electron chi connectivity index (χ2n) is 4.32. The third kappa shape index (κ3) is 2.19. The Morgan fingerprint density at radius 2 is 1.94 bits per heavy atom. The first-order valence-electron chi connectivity index (χ1n) is 6.14. The lowest BCUT2D eigenvalue weighted by Gasteiger charge is -2.28. The smallest absolute Gasteiger partial charge is 0.159 e. The van der Waals surface area contributed by atoms with E-state index in [4.69, 9.17) is 0 Å². The minimum absolute atomic E-state index is 0.775. The predicted molar refractivity (Wildman–Crippen MR) is 69.0 cm³/mol. The molecule has 0 bridgehead atoms. The summed E-state index contributed by atoms with van der Waals surface area (Å²) in [6.45, 7) is 5.88. The molecule has 0 unspecified atom stereocenters. The first-order chi connectivity index (χ1) is 8.83. The van der Waals surface area contributed by atoms with Gasteiger partial charge in [0.05, 0.1) is 0 Å². The maximum atomic E-state index is 4.51. The molecule has 3 rings (SSSR count). The maximum Gasteiger partial charge on any atom is 0.159 e. The number of rotatable bonds is 2. The Bertz CT molecular complexity index is 515. The molecule has 6 nitrogen and oxygen atoms in total. The van der Waals surface area contributed by atoms with E-state index in [1.165, 1.54) is 0 Å². The van der Waals surface area contributed by atoms with Crippen LogP contribution in [0.25, 0.3) is 5.82 Å². The molecule has 1 aliphatic rings. The van der Waals surface area contributed by atoms with Crippen LogP contribution in [0.5, 0.6) is 0 Å². The standard InChI is InChI=1S/C12H16N6/c1-10-15-11(17-7-4-13-5-8-17)9-12(16-10)18-6-2-3-14-18/h2-3,6,9,13H,4-5,7-8H2,1H3. The molecule has 1 saturated heterocycles. The summed E-state index contributed by atoms with van der Waals surface area (Å²) in [5.41, 5.74) is 0. The Kier molecular flexibility index (Phi) is 2.93. The minimum atomic E-state index is 0.775. The normalized spacial score (nSPS) is 15.9. The van der Waals surface area contributed by atoms with Crippen molar-refractivity contribution in [1.29, 1.82) is 0 Å². The van der Waals surface area contributed by atoms with Crippen LogP contribution in [0.3, 0.4) is 0 Å². The highest BCUT2D eigenvalue weighted by Crippen LogP contribution is 2.15. The van der Waals surface area contributed by atoms with Crippen LogP contribution in [0.1, 0.15) is 5.82 Å². The number of nitrogens with zero attached hydrogens (tertiary/aromatic N) is 5. The zero-order chi connectivity index (χ0) is 12.4. The molecule has 6 heteroatoms. The van der Waals surface area contributed by atoms with Gasteiger partial charge >= 0.3 is 0 Å². The summed E-state index contributed by atoms with van der Waals surface area (Å²) in [6, 6.07) is 3.88. The fourth-order valence-corrected chi connectivity index (χ4v) is 2.11. The van der Waals surface area contributed by atoms with Crippen LogP contribution < -0.4 is 10.2 Å². The highest BCUT2D eigenvalue weighted by molar-refractivity contribution is 5.44. The van der Waals surface area contributed by atoms with Crippen molar-refractivity contribution in [3.8, 4) is 5.82 Å². The van der Waals surface area contributed by atoms with Gasteiger partial charge in [0.2, 0.25) is 0 Å². The Hall–Kier alpha value is -1.95. The van der Waals surface area contributed by atoms with E-state index in [9.17, 15) is 0 Å². The van der Waals surface area contributed by atoms with Crippen molar-refractivity contribution < 1.29 is 0 Å². The van der Waals surface area contributed by atoms with E-state index in [0.29, 0.717) is 0 Å². The van der Waals surface area contributed by atoms with Crippen LogP contribution >= 0.6 is 0 Å². The monoisotopic (exact) mass is 244 g/mol. The van der Waals surface area contributed by atoms with E-state index in [1.54, 1.807) is 10.9 Å². The summed E-state index contributed by atoms with van der Waals surface area (Å²) in [5, 5.41) is 7.55. The van der Waals surface area contributed by atoms with Gasteiger partial charge in [-0.1, -0.05) is 0 Å². The van der Waals surface area contributed by atoms with E-state index in [1.807, 2.05) is 25.3 Å². The highest BCUT2D eigenvalue weighted by atomic mass is 15.3. The number of anilines is 1. The Labute approximate surface area is 106 Å². The van der Waals surface area contributed by atoms with E-state index in [-0.39, 0.29) is 0 Å². The number of hydrogen-bond donors (Lipinski definition) is 1. The molecule has 1 fully saturated rings. The molecule has 18 heavy (non-hydrogen) atoms. The fourth-order valence-electron chi connectivity index (χ4n) is 2.11. The summed E-state index contributed by atoms with van der Waals surface area (Å²) in [6.07, 6.45) is 3.64. The van der Waals surface area contributed by atoms with E-state index >= 15 is 0 Å². The zero-order valence-corrected chi connectivity index (χ0v) is 10.4. The quantitative estimate of drug-likeness (QED) is 0.827. The molecule has 0 spiro atoms. The predicted octanol–water partition coefficient (Wildman–Crippen LogP) is 0.380. The van der Waals surface area contributed by atoms with Gasteiger partial charge in [0, 0.05) is 44.6 Å². The second-order valence-corrected chi connectivity index (χ2v) is 4.32. The van der Waals surface area contributed by atoms with Crippen LogP contribution in [0, 0.1) is 6.92 Å². The summed E-state index contributed by atoms with van der Waals surface area (Å²) in [4.78, 5) is 11.2. The lowest BCUT2D eigenvalue weighted by atomic mass is 10.3. The van der Waals surface area contributed by atoms with Crippen molar-refractivity contribution in [2.45, 2.75) is 6.92 Å². The number of aromatic nitrogens is 4. The molecule has 2 aromatic heterocycles. The first kappa shape index (κ1) is 11.2. The maximum absolute atomic E-state index is 4.51. The molecule has 1 N–H and O–H groups in total. The molecule has 2 aromatic rings. The molecular formula is C12H16N6. The zero-order valence-electron chi connectivity index (χ0n) is 10.4. The Balaban J connectivity index is 1.95. The molecule has 94 valence electrons. The van der Waals surface area contributed by atoms with Gasteiger partial charge in [-0.05, 0) is 13.0 Å². The molecule has 0 aliphatic carbocycles. The van der Waals surface area contributed by atoms with E-state index in [2.05, 4.69) is 25.3 Å². The molecule has 0 atom stereocenters. The number of hydrogen-bond acceptors (Lipinski definition) is 5. The Morgan fingerprint density at radius 1 is 1.17 bits per heavy atom. The van der Waals surface area contributed by atoms with Crippen LogP contribution in [0.15, 0.2) is 24.5 Å². The van der Waals surface area contributed by atoms with Crippen molar-refractivity contribution in [2.75, 3.05) is 31.1 Å². The van der Waals surface area contributed by atoms with Gasteiger partial charge in [-0.25, -0.2) is 14.6 Å². The van der Waals surface area contributed by atoms with Gasteiger partial charge in [-0.15, -0.1) is 0 Å². The molecule has 1 aliphatic heterocycles. The summed E-state index contributed by atoms with van der Waals surface area (Å²) in [7, 11) is 0. The minimum Gasteiger partial charge on any atom is -0.354 e. The molecule has 0 amide bonds. The molecular weight excluding hydrogens is 228 g/mol. The lowest BCUT2D eigenvalue weighted by molar-refractivity contribution is 0.583. The Morgan fingerprint density at radius 3 is 2.67 bits per heavy atom. The van der Waals surface area contributed by atoms with Crippen molar-refractivity contribution in [1.82, 2.24) is 25.1 Å². The largest absolute Gasteiger partial charge is 0.354 e. The van der Waals surface area contributed by atoms with Gasteiger partial charge in [0.15, 0.2) is 5.82 Å². The van der Waals surface area contributed by atoms with Gasteiger partial charge in [0.1, 0.15) is 11.6 Å². The third-order valence-electron chi connectivity index (χ3n) is 2.99. The molecule has 0 saturated carbocycles. The van der Waals surface area contributed by atoms with Crippen LogP contribution in [-0.4, -0.2) is 45.9 Å². The van der Waals surface area contributed by atoms with Gasteiger partial charge in [0.25, 0.3) is 0 Å².